The molecule has 1 unspecified atom stereocenters. The van der Waals surface area contributed by atoms with E-state index in [1.54, 1.807) is 0 Å². The van der Waals surface area contributed by atoms with Crippen molar-refractivity contribution in [3.63, 3.8) is 0 Å². The average molecular weight is 629 g/mol. The van der Waals surface area contributed by atoms with Crippen molar-refractivity contribution in [1.82, 2.24) is 20.5 Å². The number of hydrogen-bond acceptors (Lipinski definition) is 7. The lowest BCUT2D eigenvalue weighted by molar-refractivity contribution is -0.157. The molecule has 4 aromatic carbocycles. The zero-order valence-corrected chi connectivity index (χ0v) is 27.0. The summed E-state index contributed by atoms with van der Waals surface area (Å²) in [7, 11) is 0. The first-order valence-corrected chi connectivity index (χ1v) is 16.0. The molecule has 8 heteroatoms. The van der Waals surface area contributed by atoms with E-state index in [9.17, 15) is 4.79 Å². The fraction of sp³-hybridized carbons (Fsp3) is 0.256. The fourth-order valence-electron chi connectivity index (χ4n) is 5.90. The summed E-state index contributed by atoms with van der Waals surface area (Å²) in [5.41, 5.74) is 4.23. The average Bonchev–Trinajstić information content (AvgIpc) is 3.51. The van der Waals surface area contributed by atoms with E-state index in [1.165, 1.54) is 4.85 Å². The lowest BCUT2D eigenvalue weighted by Crippen LogP contribution is -2.54. The van der Waals surface area contributed by atoms with E-state index >= 15 is 0 Å². The maximum absolute atomic E-state index is 14.0. The molecule has 0 bridgehead atoms. The summed E-state index contributed by atoms with van der Waals surface area (Å²) in [6.07, 6.45) is 6.22. The topological polar surface area (TPSA) is 87.5 Å². The molecule has 0 aliphatic heterocycles. The minimum atomic E-state index is -0.846. The number of carbonyl (C=O) groups is 1. The van der Waals surface area contributed by atoms with Crippen molar-refractivity contribution in [3.05, 3.63) is 155 Å². The molecule has 1 aliphatic carbocycles. The number of allylic oxidation sites excluding steroid dienone is 1. The molecule has 6 rings (SSSR count). The quantitative estimate of drug-likeness (QED) is 0.0954. The summed E-state index contributed by atoms with van der Waals surface area (Å²) in [6.45, 7) is 5.64. The van der Waals surface area contributed by atoms with Crippen LogP contribution < -0.4 is 14.9 Å². The SMILES string of the molecule is CC(C)(C)OC(=O)C(Cc1ccc(OCOn2nnc3c2C=CCC3)cc1)NC(c1ccccc1)(c1ccccc1)c1ccccc1. The van der Waals surface area contributed by atoms with Crippen molar-refractivity contribution in [3.8, 4) is 5.75 Å². The highest BCUT2D eigenvalue weighted by molar-refractivity contribution is 5.77. The molecule has 5 aromatic rings. The van der Waals surface area contributed by atoms with Crippen LogP contribution in [0.4, 0.5) is 0 Å². The Bertz CT molecular complexity index is 1680. The highest BCUT2D eigenvalue weighted by atomic mass is 16.8. The summed E-state index contributed by atoms with van der Waals surface area (Å²) in [6, 6.07) is 37.7. The normalized spacial score (nSPS) is 13.4. The molecule has 1 aromatic heterocycles. The van der Waals surface area contributed by atoms with Crippen molar-refractivity contribution in [2.24, 2.45) is 0 Å². The van der Waals surface area contributed by atoms with Gasteiger partial charge in [-0.15, -0.1) is 5.10 Å². The summed E-state index contributed by atoms with van der Waals surface area (Å²) < 4.78 is 11.9. The molecule has 0 saturated heterocycles. The van der Waals surface area contributed by atoms with Crippen molar-refractivity contribution in [2.45, 2.75) is 57.2 Å². The van der Waals surface area contributed by atoms with Crippen LogP contribution in [0.25, 0.3) is 6.08 Å². The molecule has 1 N–H and O–H groups in total. The van der Waals surface area contributed by atoms with Gasteiger partial charge in [-0.1, -0.05) is 114 Å². The Kier molecular flexibility index (Phi) is 9.50. The molecule has 47 heavy (non-hydrogen) atoms. The first-order valence-electron chi connectivity index (χ1n) is 16.0. The fourth-order valence-corrected chi connectivity index (χ4v) is 5.90. The Labute approximate surface area is 276 Å². The predicted octanol–water partition coefficient (Wildman–Crippen LogP) is 6.54. The van der Waals surface area contributed by atoms with Crippen LogP contribution in [0.2, 0.25) is 0 Å². The lowest BCUT2D eigenvalue weighted by Gasteiger charge is -2.40. The standard InChI is InChI=1S/C39H40N4O4/c1-38(2,3)47-37(44)35(27-29-23-25-33(26-24-29)45-28-46-43-36-22-14-13-21-34(36)41-42-43)40-39(30-15-7-4-8-16-30,31-17-9-5-10-18-31)32-19-11-6-12-20-32/h4-12,14-20,22-26,35,40H,13,21,27-28H2,1-3H3. The number of benzene rings is 4. The molecule has 1 aliphatic rings. The Morgan fingerprint density at radius 1 is 0.830 bits per heavy atom. The van der Waals surface area contributed by atoms with Gasteiger partial charge in [-0.25, -0.2) is 0 Å². The number of fused-ring (bicyclic) bond motifs is 1. The molecule has 0 amide bonds. The minimum Gasteiger partial charge on any atom is -0.459 e. The van der Waals surface area contributed by atoms with Crippen molar-refractivity contribution < 1.29 is 19.1 Å². The van der Waals surface area contributed by atoms with E-state index in [0.29, 0.717) is 12.2 Å². The molecular formula is C39H40N4O4. The highest BCUT2D eigenvalue weighted by Gasteiger charge is 2.41. The second kappa shape index (κ2) is 14.1. The maximum atomic E-state index is 14.0. The predicted molar refractivity (Wildman–Crippen MR) is 182 cm³/mol. The summed E-state index contributed by atoms with van der Waals surface area (Å²) in [4.78, 5) is 21.1. The van der Waals surface area contributed by atoms with Crippen LogP contribution in [0.1, 0.15) is 60.8 Å². The Hall–Kier alpha value is -5.21. The number of nitrogens with one attached hydrogen (secondary N) is 1. The first kappa shape index (κ1) is 31.8. The minimum absolute atomic E-state index is 0.0289. The van der Waals surface area contributed by atoms with Gasteiger partial charge in [-0.05, 0) is 85.7 Å². The maximum Gasteiger partial charge on any atom is 0.324 e. The van der Waals surface area contributed by atoms with E-state index < -0.39 is 17.2 Å². The van der Waals surface area contributed by atoms with Gasteiger partial charge in [-0.3, -0.25) is 10.1 Å². The van der Waals surface area contributed by atoms with Crippen LogP contribution in [0.3, 0.4) is 0 Å². The van der Waals surface area contributed by atoms with Gasteiger partial charge in [0.15, 0.2) is 0 Å². The number of hydrogen-bond donors (Lipinski definition) is 1. The number of rotatable bonds is 12. The number of nitrogens with zero attached hydrogens (tertiary/aromatic N) is 3. The van der Waals surface area contributed by atoms with Gasteiger partial charge in [0.2, 0.25) is 0 Å². The Morgan fingerprint density at radius 2 is 1.40 bits per heavy atom. The molecule has 240 valence electrons. The molecular weight excluding hydrogens is 588 g/mol. The van der Waals surface area contributed by atoms with Gasteiger partial charge in [-0.2, -0.15) is 0 Å². The van der Waals surface area contributed by atoms with Gasteiger partial charge in [0.05, 0.1) is 11.2 Å². The third-order valence-electron chi connectivity index (χ3n) is 8.04. The molecule has 1 atom stereocenters. The zero-order valence-electron chi connectivity index (χ0n) is 27.0. The summed E-state index contributed by atoms with van der Waals surface area (Å²) >= 11 is 0. The summed E-state index contributed by atoms with van der Waals surface area (Å²) in [5.74, 6) is 0.302. The largest absolute Gasteiger partial charge is 0.459 e. The monoisotopic (exact) mass is 628 g/mol. The van der Waals surface area contributed by atoms with Crippen LogP contribution in [-0.4, -0.2) is 39.6 Å². The Morgan fingerprint density at radius 3 is 1.96 bits per heavy atom. The van der Waals surface area contributed by atoms with Gasteiger partial charge in [0.1, 0.15) is 23.1 Å². The summed E-state index contributed by atoms with van der Waals surface area (Å²) in [5, 5.41) is 12.1. The number of aryl methyl sites for hydroxylation is 1. The zero-order chi connectivity index (χ0) is 32.7. The second-order valence-corrected chi connectivity index (χ2v) is 12.6. The van der Waals surface area contributed by atoms with E-state index in [-0.39, 0.29) is 12.8 Å². The van der Waals surface area contributed by atoms with E-state index in [1.807, 2.05) is 106 Å². The Balaban J connectivity index is 1.28. The molecule has 0 fully saturated rings. The highest BCUT2D eigenvalue weighted by Crippen LogP contribution is 2.38. The molecule has 1 heterocycles. The van der Waals surface area contributed by atoms with Crippen LogP contribution in [0, 0.1) is 0 Å². The molecule has 0 saturated carbocycles. The first-order chi connectivity index (χ1) is 22.8. The van der Waals surface area contributed by atoms with Crippen molar-refractivity contribution >= 4 is 12.0 Å². The van der Waals surface area contributed by atoms with E-state index in [0.717, 1.165) is 46.5 Å². The second-order valence-electron chi connectivity index (χ2n) is 12.6. The number of ether oxygens (including phenoxy) is 2. The third kappa shape index (κ3) is 7.45. The van der Waals surface area contributed by atoms with Crippen molar-refractivity contribution in [1.29, 1.82) is 0 Å². The van der Waals surface area contributed by atoms with Gasteiger partial charge < -0.3 is 14.3 Å². The van der Waals surface area contributed by atoms with E-state index in [2.05, 4.69) is 58.1 Å². The van der Waals surface area contributed by atoms with Gasteiger partial charge in [0.25, 0.3) is 6.79 Å². The van der Waals surface area contributed by atoms with Crippen molar-refractivity contribution in [2.75, 3.05) is 6.79 Å². The van der Waals surface area contributed by atoms with Crippen LogP contribution in [0.5, 0.6) is 5.75 Å². The lowest BCUT2D eigenvalue weighted by atomic mass is 9.76. The molecule has 8 nitrogen and oxygen atoms in total. The van der Waals surface area contributed by atoms with E-state index in [4.69, 9.17) is 14.3 Å². The van der Waals surface area contributed by atoms with Crippen LogP contribution in [0.15, 0.2) is 121 Å². The number of esters is 1. The smallest absolute Gasteiger partial charge is 0.324 e. The van der Waals surface area contributed by atoms with Gasteiger partial charge >= 0.3 is 5.97 Å². The van der Waals surface area contributed by atoms with Gasteiger partial charge in [0, 0.05) is 0 Å². The molecule has 0 spiro atoms. The molecule has 0 radical (unpaired) electrons. The third-order valence-corrected chi connectivity index (χ3v) is 8.04. The van der Waals surface area contributed by atoms with Crippen LogP contribution in [-0.2, 0) is 27.9 Å². The van der Waals surface area contributed by atoms with Crippen LogP contribution >= 0.6 is 0 Å². The number of carbonyl (C=O) groups excluding carboxylic acids is 1. The number of aromatic nitrogens is 3.